The molecule has 0 aromatic carbocycles. The van der Waals surface area contributed by atoms with Gasteiger partial charge < -0.3 is 5.32 Å². The molecular weight excluding hydrogens is 169 g/mol. The smallest absolute Gasteiger partial charge is 0.136 e. The lowest BCUT2D eigenvalue weighted by atomic mass is 9.42. The van der Waals surface area contributed by atoms with Crippen molar-refractivity contribution in [2.75, 3.05) is 13.1 Å². The first kappa shape index (κ1) is 14.0. The zero-order valence-corrected chi connectivity index (χ0v) is 11.0. The van der Waals surface area contributed by atoms with Crippen LogP contribution in [0.15, 0.2) is 0 Å². The molecule has 1 fully saturated rings. The molecule has 1 aliphatic heterocycles. The van der Waals surface area contributed by atoms with Crippen molar-refractivity contribution < 1.29 is 0 Å². The maximum absolute atomic E-state index is 3.52. The predicted octanol–water partition coefficient (Wildman–Crippen LogP) is 3.55. The maximum Gasteiger partial charge on any atom is 0.136 e. The summed E-state index contributed by atoms with van der Waals surface area (Å²) in [5.74, 6) is 0.926. The average Bonchev–Trinajstić information content (AvgIpc) is 2.30. The van der Waals surface area contributed by atoms with Gasteiger partial charge in [-0.1, -0.05) is 53.6 Å². The Kier molecular flexibility index (Phi) is 6.51. The highest BCUT2D eigenvalue weighted by molar-refractivity contribution is 6.57. The van der Waals surface area contributed by atoms with Crippen molar-refractivity contribution in [2.45, 2.75) is 60.0 Å². The van der Waals surface area contributed by atoms with Gasteiger partial charge in [-0.15, -0.1) is 0 Å². The van der Waals surface area contributed by atoms with E-state index in [0.29, 0.717) is 5.41 Å². The van der Waals surface area contributed by atoms with Gasteiger partial charge in [0.25, 0.3) is 0 Å². The molecular formula is C12H28BN. The van der Waals surface area contributed by atoms with E-state index in [-0.39, 0.29) is 0 Å². The summed E-state index contributed by atoms with van der Waals surface area (Å²) in [5, 5.41) is 3.52. The van der Waals surface area contributed by atoms with E-state index in [2.05, 4.69) is 32.8 Å². The number of nitrogens with one attached hydrogen (secondary N) is 1. The third-order valence-electron chi connectivity index (χ3n) is 3.05. The van der Waals surface area contributed by atoms with Crippen LogP contribution in [0, 0.1) is 5.41 Å². The molecule has 84 valence electrons. The summed E-state index contributed by atoms with van der Waals surface area (Å²) >= 11 is 0. The van der Waals surface area contributed by atoms with Crippen molar-refractivity contribution in [2.24, 2.45) is 5.41 Å². The molecule has 1 unspecified atom stereocenters. The van der Waals surface area contributed by atoms with Crippen molar-refractivity contribution in [3.8, 4) is 0 Å². The lowest BCUT2D eigenvalue weighted by molar-refractivity contribution is 0.334. The molecule has 1 rings (SSSR count). The summed E-state index contributed by atoms with van der Waals surface area (Å²) in [4.78, 5) is 0. The third kappa shape index (κ3) is 5.04. The van der Waals surface area contributed by atoms with E-state index in [1.807, 2.05) is 13.8 Å². The molecule has 0 radical (unpaired) electrons. The van der Waals surface area contributed by atoms with Crippen LogP contribution in [0.3, 0.4) is 0 Å². The summed E-state index contributed by atoms with van der Waals surface area (Å²) in [6.45, 7) is 16.7. The Hall–Kier alpha value is 0.0249. The van der Waals surface area contributed by atoms with Crippen LogP contribution in [0.2, 0.25) is 19.5 Å². The first-order valence-corrected chi connectivity index (χ1v) is 6.22. The Labute approximate surface area is 91.1 Å². The maximum atomic E-state index is 3.52. The van der Waals surface area contributed by atoms with E-state index in [1.54, 1.807) is 0 Å². The molecule has 0 aromatic rings. The molecule has 1 aliphatic rings. The first-order chi connectivity index (χ1) is 6.51. The Morgan fingerprint density at radius 3 is 2.29 bits per heavy atom. The van der Waals surface area contributed by atoms with Crippen molar-refractivity contribution in [1.29, 1.82) is 0 Å². The van der Waals surface area contributed by atoms with Crippen molar-refractivity contribution >= 4 is 6.71 Å². The summed E-state index contributed by atoms with van der Waals surface area (Å²) in [6, 6.07) is 0. The minimum atomic E-state index is 0.505. The van der Waals surface area contributed by atoms with Gasteiger partial charge in [-0.3, -0.25) is 0 Å². The topological polar surface area (TPSA) is 12.0 Å². The molecule has 0 saturated carbocycles. The second kappa shape index (κ2) is 6.50. The molecule has 0 spiro atoms. The zero-order chi connectivity index (χ0) is 11.2. The molecule has 1 nitrogen and oxygen atoms in total. The van der Waals surface area contributed by atoms with E-state index in [0.717, 1.165) is 12.5 Å². The molecule has 0 aromatic heterocycles. The van der Waals surface area contributed by atoms with E-state index >= 15 is 0 Å². The number of rotatable bonds is 1. The van der Waals surface area contributed by atoms with Gasteiger partial charge in [-0.2, -0.15) is 0 Å². The fraction of sp³-hybridized carbons (Fsp3) is 1.00. The summed E-state index contributed by atoms with van der Waals surface area (Å²) in [5.41, 5.74) is 0.505. The molecule has 2 heteroatoms. The zero-order valence-electron chi connectivity index (χ0n) is 11.0. The van der Waals surface area contributed by atoms with Gasteiger partial charge >= 0.3 is 0 Å². The van der Waals surface area contributed by atoms with E-state index in [9.17, 15) is 0 Å². The van der Waals surface area contributed by atoms with Crippen molar-refractivity contribution in [1.82, 2.24) is 5.32 Å². The molecule has 1 saturated heterocycles. The first-order valence-electron chi connectivity index (χ1n) is 6.22. The van der Waals surface area contributed by atoms with Crippen molar-refractivity contribution in [3.05, 3.63) is 0 Å². The average molecular weight is 197 g/mol. The quantitative estimate of drug-likeness (QED) is 0.634. The van der Waals surface area contributed by atoms with E-state index in [1.165, 1.54) is 25.9 Å². The number of hydrogen-bond acceptors (Lipinski definition) is 1. The minimum Gasteiger partial charge on any atom is -0.316 e. The van der Waals surface area contributed by atoms with Crippen LogP contribution in [0.1, 0.15) is 40.5 Å². The molecule has 1 N–H and O–H groups in total. The lowest BCUT2D eigenvalue weighted by Crippen LogP contribution is -2.27. The van der Waals surface area contributed by atoms with Crippen LogP contribution in [0.25, 0.3) is 0 Å². The fourth-order valence-corrected chi connectivity index (χ4v) is 2.17. The van der Waals surface area contributed by atoms with Gasteiger partial charge in [0.05, 0.1) is 0 Å². The second-order valence-corrected chi connectivity index (χ2v) is 5.34. The van der Waals surface area contributed by atoms with Crippen LogP contribution in [-0.4, -0.2) is 19.8 Å². The SMILES string of the molecule is CB(C)C1CCNCC(C)(C)C1.CC. The Morgan fingerprint density at radius 1 is 1.21 bits per heavy atom. The van der Waals surface area contributed by atoms with Gasteiger partial charge in [0.2, 0.25) is 0 Å². The second-order valence-electron chi connectivity index (χ2n) is 5.34. The van der Waals surface area contributed by atoms with Crippen LogP contribution in [-0.2, 0) is 0 Å². The Morgan fingerprint density at radius 2 is 1.79 bits per heavy atom. The molecule has 0 bridgehead atoms. The highest BCUT2D eigenvalue weighted by Crippen LogP contribution is 2.34. The largest absolute Gasteiger partial charge is 0.316 e. The normalized spacial score (nSPS) is 25.7. The Balaban J connectivity index is 0.000000791. The van der Waals surface area contributed by atoms with Crippen molar-refractivity contribution in [3.63, 3.8) is 0 Å². The molecule has 1 atom stereocenters. The minimum absolute atomic E-state index is 0.505. The monoisotopic (exact) mass is 197 g/mol. The molecule has 1 heterocycles. The van der Waals surface area contributed by atoms with Gasteiger partial charge in [0.15, 0.2) is 0 Å². The van der Waals surface area contributed by atoms with Crippen LogP contribution in [0.5, 0.6) is 0 Å². The summed E-state index contributed by atoms with van der Waals surface area (Å²) in [7, 11) is 0. The van der Waals surface area contributed by atoms with Crippen LogP contribution < -0.4 is 5.32 Å². The fourth-order valence-electron chi connectivity index (χ4n) is 2.17. The standard InChI is InChI=1S/C10H22BN.C2H6/c1-10(2)7-9(11(3)4)5-6-12-8-10;1-2/h9,12H,5-8H2,1-4H3;1-2H3. The highest BCUT2D eigenvalue weighted by Gasteiger charge is 2.28. The highest BCUT2D eigenvalue weighted by atomic mass is 14.9. The molecule has 14 heavy (non-hydrogen) atoms. The van der Waals surface area contributed by atoms with Crippen LogP contribution in [0.4, 0.5) is 0 Å². The van der Waals surface area contributed by atoms with Gasteiger partial charge in [-0.25, -0.2) is 0 Å². The third-order valence-corrected chi connectivity index (χ3v) is 3.05. The molecule has 0 amide bonds. The van der Waals surface area contributed by atoms with Gasteiger partial charge in [-0.05, 0) is 18.4 Å². The predicted molar refractivity (Wildman–Crippen MR) is 68.5 cm³/mol. The van der Waals surface area contributed by atoms with Gasteiger partial charge in [0, 0.05) is 6.54 Å². The number of hydrogen-bond donors (Lipinski definition) is 1. The van der Waals surface area contributed by atoms with E-state index < -0.39 is 0 Å². The lowest BCUT2D eigenvalue weighted by Gasteiger charge is -2.27. The van der Waals surface area contributed by atoms with E-state index in [4.69, 9.17) is 0 Å². The summed E-state index contributed by atoms with van der Waals surface area (Å²) < 4.78 is 0. The van der Waals surface area contributed by atoms with Crippen LogP contribution >= 0.6 is 0 Å². The Bertz CT molecular complexity index is 143. The van der Waals surface area contributed by atoms with Gasteiger partial charge in [0.1, 0.15) is 6.71 Å². The summed E-state index contributed by atoms with van der Waals surface area (Å²) in [6.07, 6.45) is 2.75. The molecule has 0 aliphatic carbocycles.